The predicted molar refractivity (Wildman–Crippen MR) is 251 cm³/mol. The number of fused-ring (bicyclic) bond motifs is 1. The van der Waals surface area contributed by atoms with E-state index in [4.69, 9.17) is 61.9 Å². The van der Waals surface area contributed by atoms with Crippen molar-refractivity contribution in [3.8, 4) is 0 Å². The fraction of sp³-hybridized carbons (Fsp3) is 0.909. The molecular formula is C44H85N5O17S. The fourth-order valence-corrected chi connectivity index (χ4v) is 7.05. The number of urea groups is 1. The molecule has 23 heteroatoms. The van der Waals surface area contributed by atoms with Gasteiger partial charge in [0.1, 0.15) is 6.04 Å². The van der Waals surface area contributed by atoms with Crippen LogP contribution in [0.25, 0.3) is 0 Å². The minimum Gasteiger partial charge on any atom is -0.480 e. The zero-order valence-electron chi connectivity index (χ0n) is 40.4. The van der Waals surface area contributed by atoms with Crippen molar-refractivity contribution < 1.29 is 81.1 Å². The molecule has 2 rings (SSSR count). The van der Waals surface area contributed by atoms with Crippen molar-refractivity contribution in [3.05, 3.63) is 0 Å². The Labute approximate surface area is 402 Å². The number of amides is 4. The number of hydrogen-bond acceptors (Lipinski definition) is 18. The first kappa shape index (κ1) is 62.5. The summed E-state index contributed by atoms with van der Waals surface area (Å²) in [5.74, 6) is 1.26. The average molecular weight is 988 g/mol. The Morgan fingerprint density at radius 3 is 1.22 bits per heavy atom. The lowest BCUT2D eigenvalue weighted by atomic mass is 10.1. The number of carboxylic acid groups (broad SMARTS) is 1. The normalized spacial score (nSPS) is 15.6. The largest absolute Gasteiger partial charge is 0.480 e. The van der Waals surface area contributed by atoms with E-state index in [1.165, 1.54) is 0 Å². The van der Waals surface area contributed by atoms with Crippen LogP contribution in [0.1, 0.15) is 51.9 Å². The summed E-state index contributed by atoms with van der Waals surface area (Å²) in [6.07, 6.45) is 4.72. The maximum absolute atomic E-state index is 11.8. The number of rotatable bonds is 49. The van der Waals surface area contributed by atoms with Crippen LogP contribution in [-0.2, 0) is 71.2 Å². The van der Waals surface area contributed by atoms with E-state index in [9.17, 15) is 19.2 Å². The minimum absolute atomic E-state index is 0.00491. The van der Waals surface area contributed by atoms with E-state index < -0.39 is 12.0 Å². The SMILES string of the molecule is CCCCC(=O)NCCOCCOCCOCCOCCOCCOCCOCCOCCOCCOCCOCCOCCC(=O)NCCCCC(NC)C(=O)O.O=C1NC2CSCC2N1. The van der Waals surface area contributed by atoms with E-state index >= 15 is 0 Å². The van der Waals surface area contributed by atoms with Gasteiger partial charge in [0.25, 0.3) is 0 Å². The number of carbonyl (C=O) groups is 4. The molecule has 2 heterocycles. The highest BCUT2D eigenvalue weighted by Crippen LogP contribution is 2.20. The molecule has 2 fully saturated rings. The highest BCUT2D eigenvalue weighted by molar-refractivity contribution is 7.99. The molecule has 2 aliphatic heterocycles. The topological polar surface area (TPSA) is 259 Å². The molecule has 0 radical (unpaired) electrons. The molecule has 0 aromatic heterocycles. The number of thioether (sulfide) groups is 1. The van der Waals surface area contributed by atoms with Gasteiger partial charge < -0.3 is 88.5 Å². The lowest BCUT2D eigenvalue weighted by molar-refractivity contribution is -0.139. The smallest absolute Gasteiger partial charge is 0.320 e. The quantitative estimate of drug-likeness (QED) is 0.0361. The van der Waals surface area contributed by atoms with Crippen LogP contribution in [0.4, 0.5) is 4.79 Å². The second-order valence-corrected chi connectivity index (χ2v) is 16.0. The van der Waals surface area contributed by atoms with E-state index in [0.29, 0.717) is 203 Å². The Hall–Kier alpha value is -2.49. The lowest BCUT2D eigenvalue weighted by Crippen LogP contribution is -2.34. The van der Waals surface area contributed by atoms with E-state index in [0.717, 1.165) is 30.8 Å². The number of ether oxygens (including phenoxy) is 12. The van der Waals surface area contributed by atoms with Crippen molar-refractivity contribution in [2.45, 2.75) is 70.0 Å². The summed E-state index contributed by atoms with van der Waals surface area (Å²) in [6.45, 7) is 14.2. The van der Waals surface area contributed by atoms with Crippen molar-refractivity contribution in [2.24, 2.45) is 0 Å². The van der Waals surface area contributed by atoms with E-state index in [2.05, 4.69) is 33.5 Å². The van der Waals surface area contributed by atoms with Crippen LogP contribution in [0.2, 0.25) is 0 Å². The summed E-state index contributed by atoms with van der Waals surface area (Å²) in [4.78, 5) is 44.9. The number of nitrogens with one attached hydrogen (secondary N) is 5. The zero-order chi connectivity index (χ0) is 48.5. The second kappa shape index (κ2) is 48.5. The minimum atomic E-state index is -0.864. The summed E-state index contributed by atoms with van der Waals surface area (Å²) in [6, 6.07) is 0.261. The van der Waals surface area contributed by atoms with E-state index in [-0.39, 0.29) is 24.3 Å². The van der Waals surface area contributed by atoms with Gasteiger partial charge in [0.15, 0.2) is 0 Å². The van der Waals surface area contributed by atoms with Gasteiger partial charge in [-0.2, -0.15) is 11.8 Å². The highest BCUT2D eigenvalue weighted by atomic mass is 32.2. The lowest BCUT2D eigenvalue weighted by Gasteiger charge is -2.11. The number of unbranched alkanes of at least 4 members (excludes halogenated alkanes) is 2. The maximum atomic E-state index is 11.8. The molecule has 0 saturated carbocycles. The number of hydrogen-bond donors (Lipinski definition) is 6. The van der Waals surface area contributed by atoms with Crippen LogP contribution < -0.4 is 26.6 Å². The molecule has 2 saturated heterocycles. The summed E-state index contributed by atoms with van der Waals surface area (Å²) in [5.41, 5.74) is 0. The third-order valence-corrected chi connectivity index (χ3v) is 10.7. The number of likely N-dealkylation sites (N-methyl/N-ethyl adjacent to an activating group) is 1. The van der Waals surface area contributed by atoms with Crippen molar-refractivity contribution in [3.63, 3.8) is 0 Å². The van der Waals surface area contributed by atoms with E-state index in [1.807, 2.05) is 11.8 Å². The number of aliphatic carboxylic acids is 1. The summed E-state index contributed by atoms with van der Waals surface area (Å²) in [7, 11) is 1.62. The Morgan fingerprint density at radius 1 is 0.522 bits per heavy atom. The Balaban J connectivity index is 0.00000218. The molecular weight excluding hydrogens is 903 g/mol. The van der Waals surface area contributed by atoms with Crippen molar-refractivity contribution in [1.82, 2.24) is 26.6 Å². The molecule has 0 bridgehead atoms. The third-order valence-electron chi connectivity index (χ3n) is 9.49. The van der Waals surface area contributed by atoms with Crippen LogP contribution in [0.3, 0.4) is 0 Å². The molecule has 0 aromatic carbocycles. The number of carboxylic acids is 1. The molecule has 3 atom stereocenters. The molecule has 6 N–H and O–H groups in total. The second-order valence-electron chi connectivity index (χ2n) is 14.9. The van der Waals surface area contributed by atoms with E-state index in [1.54, 1.807) is 7.05 Å². The van der Waals surface area contributed by atoms with Gasteiger partial charge in [-0.05, 0) is 32.7 Å². The molecule has 3 unspecified atom stereocenters. The van der Waals surface area contributed by atoms with Gasteiger partial charge in [0.05, 0.1) is 171 Å². The summed E-state index contributed by atoms with van der Waals surface area (Å²) in [5, 5.41) is 23.1. The van der Waals surface area contributed by atoms with Crippen LogP contribution in [0.5, 0.6) is 0 Å². The van der Waals surface area contributed by atoms with Gasteiger partial charge in [0.2, 0.25) is 11.8 Å². The van der Waals surface area contributed by atoms with Crippen LogP contribution in [-0.4, -0.2) is 237 Å². The molecule has 394 valence electrons. The molecule has 22 nitrogen and oxygen atoms in total. The predicted octanol–water partition coefficient (Wildman–Crippen LogP) is 0.624. The number of carbonyl (C=O) groups excluding carboxylic acids is 3. The summed E-state index contributed by atoms with van der Waals surface area (Å²) >= 11 is 1.89. The zero-order valence-corrected chi connectivity index (χ0v) is 41.2. The van der Waals surface area contributed by atoms with Crippen molar-refractivity contribution >= 4 is 35.6 Å². The molecule has 0 aromatic rings. The van der Waals surface area contributed by atoms with Crippen LogP contribution in [0, 0.1) is 0 Å². The molecule has 67 heavy (non-hydrogen) atoms. The first-order chi connectivity index (χ1) is 32.9. The Morgan fingerprint density at radius 2 is 0.866 bits per heavy atom. The van der Waals surface area contributed by atoms with Crippen LogP contribution >= 0.6 is 11.8 Å². The first-order valence-corrected chi connectivity index (χ1v) is 25.0. The fourth-order valence-electron chi connectivity index (χ4n) is 5.77. The molecule has 2 aliphatic rings. The summed E-state index contributed by atoms with van der Waals surface area (Å²) < 4.78 is 65.6. The maximum Gasteiger partial charge on any atom is 0.320 e. The van der Waals surface area contributed by atoms with Gasteiger partial charge in [-0.25, -0.2) is 4.79 Å². The first-order valence-electron chi connectivity index (χ1n) is 23.9. The Bertz CT molecular complexity index is 1160. The van der Waals surface area contributed by atoms with Crippen molar-refractivity contribution in [2.75, 3.05) is 190 Å². The third kappa shape index (κ3) is 42.1. The van der Waals surface area contributed by atoms with Gasteiger partial charge in [0, 0.05) is 37.4 Å². The monoisotopic (exact) mass is 988 g/mol. The van der Waals surface area contributed by atoms with Gasteiger partial charge in [-0.15, -0.1) is 0 Å². The molecule has 0 aliphatic carbocycles. The molecule has 4 amide bonds. The average Bonchev–Trinajstić information content (AvgIpc) is 3.91. The molecule has 0 spiro atoms. The van der Waals surface area contributed by atoms with Crippen LogP contribution in [0.15, 0.2) is 0 Å². The van der Waals surface area contributed by atoms with Crippen molar-refractivity contribution in [1.29, 1.82) is 0 Å². The van der Waals surface area contributed by atoms with Gasteiger partial charge in [-0.1, -0.05) is 13.3 Å². The highest BCUT2D eigenvalue weighted by Gasteiger charge is 2.35. The standard InChI is InChI=1S/C39H77N3O16.C5H8N2OS/c1-3-4-8-37(43)42-11-13-48-15-17-50-19-21-52-23-25-54-27-29-56-31-33-58-35-34-57-32-30-55-28-26-53-24-22-51-20-18-49-16-14-47-12-9-38(44)41-10-6-5-7-36(40-2)39(45)46;8-5-6-3-1-9-2-4(3)7-5/h36,40H,3-35H2,1-2H3,(H,41,44)(H,42,43)(H,45,46);3-4H,1-2H2,(H2,6,7,8). The van der Waals surface area contributed by atoms with Gasteiger partial charge in [-0.3, -0.25) is 14.4 Å². The van der Waals surface area contributed by atoms with Gasteiger partial charge >= 0.3 is 12.0 Å². The Kier molecular flexibility index (Phi) is 45.3.